The molecule has 2 aliphatic rings. The molecule has 0 saturated carbocycles. The maximum Gasteiger partial charge on any atom is 0.0753 e. The molecule has 2 saturated heterocycles. The predicted octanol–water partition coefficient (Wildman–Crippen LogP) is 1.10. The average Bonchev–Trinajstić information content (AvgIpc) is 2.17. The summed E-state index contributed by atoms with van der Waals surface area (Å²) in [4.78, 5) is 2.58. The Morgan fingerprint density at radius 1 is 1.33 bits per heavy atom. The highest BCUT2D eigenvalue weighted by atomic mass is 16.5. The van der Waals surface area contributed by atoms with E-state index in [1.807, 2.05) is 0 Å². The van der Waals surface area contributed by atoms with Crippen LogP contribution in [-0.4, -0.2) is 49.8 Å². The van der Waals surface area contributed by atoms with Crippen molar-refractivity contribution >= 4 is 0 Å². The predicted molar refractivity (Wildman–Crippen MR) is 62.1 cm³/mol. The lowest BCUT2D eigenvalue weighted by Crippen LogP contribution is -2.50. The van der Waals surface area contributed by atoms with E-state index < -0.39 is 0 Å². The lowest BCUT2D eigenvalue weighted by Gasteiger charge is -2.40. The summed E-state index contributed by atoms with van der Waals surface area (Å²) in [6, 6.07) is 0. The number of nitrogens with one attached hydrogen (secondary N) is 1. The molecule has 0 aromatic carbocycles. The van der Waals surface area contributed by atoms with Crippen molar-refractivity contribution in [3.05, 3.63) is 0 Å². The molecular weight excluding hydrogens is 188 g/mol. The molecule has 3 nitrogen and oxygen atoms in total. The van der Waals surface area contributed by atoms with Crippen LogP contribution in [0, 0.1) is 5.92 Å². The molecule has 88 valence electrons. The normalized spacial score (nSPS) is 29.2. The van der Waals surface area contributed by atoms with Gasteiger partial charge in [0, 0.05) is 19.6 Å². The molecule has 0 bridgehead atoms. The molecule has 0 unspecified atom stereocenters. The SMILES string of the molecule is CC1(C)CN(CC2CCNCC2)CCO1. The van der Waals surface area contributed by atoms with Gasteiger partial charge >= 0.3 is 0 Å². The second-order valence-electron chi connectivity index (χ2n) is 5.54. The van der Waals surface area contributed by atoms with Crippen LogP contribution in [0.1, 0.15) is 26.7 Å². The van der Waals surface area contributed by atoms with E-state index in [0.717, 1.165) is 25.6 Å². The van der Waals surface area contributed by atoms with Gasteiger partial charge in [-0.25, -0.2) is 0 Å². The van der Waals surface area contributed by atoms with Crippen molar-refractivity contribution in [1.82, 2.24) is 10.2 Å². The number of rotatable bonds is 2. The maximum atomic E-state index is 5.73. The minimum Gasteiger partial charge on any atom is -0.373 e. The van der Waals surface area contributed by atoms with E-state index in [1.54, 1.807) is 0 Å². The molecule has 0 amide bonds. The molecule has 0 atom stereocenters. The number of morpholine rings is 1. The first-order valence-electron chi connectivity index (χ1n) is 6.23. The lowest BCUT2D eigenvalue weighted by atomic mass is 9.96. The summed E-state index contributed by atoms with van der Waals surface area (Å²) < 4.78 is 5.73. The second-order valence-corrected chi connectivity index (χ2v) is 5.54. The molecule has 1 N–H and O–H groups in total. The third-order valence-corrected chi connectivity index (χ3v) is 3.48. The topological polar surface area (TPSA) is 24.5 Å². The Kier molecular flexibility index (Phi) is 3.65. The zero-order valence-electron chi connectivity index (χ0n) is 10.1. The monoisotopic (exact) mass is 212 g/mol. The molecule has 2 heterocycles. The van der Waals surface area contributed by atoms with Gasteiger partial charge in [0.1, 0.15) is 0 Å². The molecule has 0 aliphatic carbocycles. The van der Waals surface area contributed by atoms with Crippen molar-refractivity contribution in [3.63, 3.8) is 0 Å². The van der Waals surface area contributed by atoms with Gasteiger partial charge in [-0.1, -0.05) is 0 Å². The summed E-state index contributed by atoms with van der Waals surface area (Å²) in [6.07, 6.45) is 2.69. The van der Waals surface area contributed by atoms with Crippen molar-refractivity contribution < 1.29 is 4.74 Å². The Morgan fingerprint density at radius 2 is 2.07 bits per heavy atom. The van der Waals surface area contributed by atoms with Crippen LogP contribution in [-0.2, 0) is 4.74 Å². The summed E-state index contributed by atoms with van der Waals surface area (Å²) in [7, 11) is 0. The van der Waals surface area contributed by atoms with Gasteiger partial charge in [0.05, 0.1) is 12.2 Å². The van der Waals surface area contributed by atoms with E-state index >= 15 is 0 Å². The maximum absolute atomic E-state index is 5.73. The second kappa shape index (κ2) is 4.81. The van der Waals surface area contributed by atoms with Gasteiger partial charge < -0.3 is 10.1 Å². The van der Waals surface area contributed by atoms with Gasteiger partial charge in [0.2, 0.25) is 0 Å². The van der Waals surface area contributed by atoms with E-state index in [4.69, 9.17) is 4.74 Å². The molecule has 2 fully saturated rings. The highest BCUT2D eigenvalue weighted by Crippen LogP contribution is 2.20. The van der Waals surface area contributed by atoms with Crippen LogP contribution in [0.3, 0.4) is 0 Å². The number of ether oxygens (including phenoxy) is 1. The molecule has 0 aromatic rings. The molecule has 3 heteroatoms. The third kappa shape index (κ3) is 3.44. The average molecular weight is 212 g/mol. The zero-order valence-corrected chi connectivity index (χ0v) is 10.1. The minimum atomic E-state index is 0.0607. The highest BCUT2D eigenvalue weighted by Gasteiger charge is 2.28. The minimum absolute atomic E-state index is 0.0607. The number of hydrogen-bond donors (Lipinski definition) is 1. The lowest BCUT2D eigenvalue weighted by molar-refractivity contribution is -0.0896. The van der Waals surface area contributed by atoms with E-state index in [1.165, 1.54) is 32.5 Å². The van der Waals surface area contributed by atoms with Crippen molar-refractivity contribution in [2.45, 2.75) is 32.3 Å². The molecule has 0 spiro atoms. The summed E-state index contributed by atoms with van der Waals surface area (Å²) >= 11 is 0. The van der Waals surface area contributed by atoms with Gasteiger partial charge in [-0.2, -0.15) is 0 Å². The Balaban J connectivity index is 1.78. The molecule has 2 rings (SSSR count). The Hall–Kier alpha value is -0.120. The number of hydrogen-bond acceptors (Lipinski definition) is 3. The van der Waals surface area contributed by atoms with Gasteiger partial charge in [-0.05, 0) is 45.7 Å². The summed E-state index contributed by atoms with van der Waals surface area (Å²) in [6.45, 7) is 11.2. The molecule has 2 aliphatic heterocycles. The molecule has 0 radical (unpaired) electrons. The van der Waals surface area contributed by atoms with Crippen LogP contribution >= 0.6 is 0 Å². The largest absolute Gasteiger partial charge is 0.373 e. The first kappa shape index (κ1) is 11.4. The smallest absolute Gasteiger partial charge is 0.0753 e. The quantitative estimate of drug-likeness (QED) is 0.742. The van der Waals surface area contributed by atoms with Gasteiger partial charge in [-0.3, -0.25) is 4.90 Å². The Morgan fingerprint density at radius 3 is 2.73 bits per heavy atom. The summed E-state index contributed by atoms with van der Waals surface area (Å²) in [5.74, 6) is 0.903. The van der Waals surface area contributed by atoms with Crippen LogP contribution in [0.2, 0.25) is 0 Å². The van der Waals surface area contributed by atoms with E-state index in [-0.39, 0.29) is 5.60 Å². The summed E-state index contributed by atoms with van der Waals surface area (Å²) in [5, 5.41) is 3.43. The third-order valence-electron chi connectivity index (χ3n) is 3.48. The van der Waals surface area contributed by atoms with Crippen LogP contribution in [0.5, 0.6) is 0 Å². The highest BCUT2D eigenvalue weighted by molar-refractivity contribution is 4.81. The first-order chi connectivity index (χ1) is 7.16. The van der Waals surface area contributed by atoms with Crippen molar-refractivity contribution in [2.75, 3.05) is 39.3 Å². The van der Waals surface area contributed by atoms with E-state index in [2.05, 4.69) is 24.1 Å². The van der Waals surface area contributed by atoms with Crippen LogP contribution < -0.4 is 5.32 Å². The van der Waals surface area contributed by atoms with Crippen LogP contribution in [0.4, 0.5) is 0 Å². The summed E-state index contributed by atoms with van der Waals surface area (Å²) in [5.41, 5.74) is 0.0607. The van der Waals surface area contributed by atoms with Crippen LogP contribution in [0.25, 0.3) is 0 Å². The van der Waals surface area contributed by atoms with E-state index in [0.29, 0.717) is 0 Å². The van der Waals surface area contributed by atoms with Gasteiger partial charge in [0.15, 0.2) is 0 Å². The fourth-order valence-electron chi connectivity index (χ4n) is 2.70. The van der Waals surface area contributed by atoms with Gasteiger partial charge in [-0.15, -0.1) is 0 Å². The fourth-order valence-corrected chi connectivity index (χ4v) is 2.70. The Labute approximate surface area is 93.2 Å². The molecular formula is C12H24N2O. The molecule has 15 heavy (non-hydrogen) atoms. The van der Waals surface area contributed by atoms with E-state index in [9.17, 15) is 0 Å². The van der Waals surface area contributed by atoms with Crippen molar-refractivity contribution in [1.29, 1.82) is 0 Å². The number of nitrogens with zero attached hydrogens (tertiary/aromatic N) is 1. The van der Waals surface area contributed by atoms with Crippen LogP contribution in [0.15, 0.2) is 0 Å². The molecule has 0 aromatic heterocycles. The van der Waals surface area contributed by atoms with Crippen molar-refractivity contribution in [3.8, 4) is 0 Å². The zero-order chi connectivity index (χ0) is 10.7. The number of piperidine rings is 1. The Bertz CT molecular complexity index is 200. The van der Waals surface area contributed by atoms with Gasteiger partial charge in [0.25, 0.3) is 0 Å². The standard InChI is InChI=1S/C12H24N2O/c1-12(2)10-14(7-8-15-12)9-11-3-5-13-6-4-11/h11,13H,3-10H2,1-2H3. The van der Waals surface area contributed by atoms with Crippen molar-refractivity contribution in [2.24, 2.45) is 5.92 Å². The fraction of sp³-hybridized carbons (Fsp3) is 1.00. The first-order valence-corrected chi connectivity index (χ1v) is 6.23.